The molecule has 0 rings (SSSR count). The van der Waals surface area contributed by atoms with E-state index in [4.69, 9.17) is 0 Å². The molecule has 0 heterocycles. The fourth-order valence-corrected chi connectivity index (χ4v) is 0. The molecular formula is CH3Br4Zr-. The third kappa shape index (κ3) is 29.2. The van der Waals surface area contributed by atoms with Crippen LogP contribution in [-0.2, 0) is 10.9 Å². The van der Waals surface area contributed by atoms with E-state index in [1.165, 1.54) is 0 Å². The molecular weight excluding hydrogens is 423 g/mol. The maximum atomic E-state index is 3.34. The van der Waals surface area contributed by atoms with Crippen molar-refractivity contribution >= 4 is 48.9 Å². The second-order valence-electron chi connectivity index (χ2n) is 0.429. The summed E-state index contributed by atoms with van der Waals surface area (Å²) in [4.78, 5) is 0. The van der Waals surface area contributed by atoms with Gasteiger partial charge in [-0.05, 0) is 0 Å². The third-order valence-corrected chi connectivity index (χ3v) is 0. The average Bonchev–Trinajstić information content (AvgIpc) is 0.722. The first kappa shape index (κ1) is 11.6. The molecule has 0 aliphatic heterocycles. The van der Waals surface area contributed by atoms with Gasteiger partial charge in [-0.25, -0.2) is 0 Å². The summed E-state index contributed by atoms with van der Waals surface area (Å²) in [6.07, 6.45) is 0. The molecule has 0 aromatic rings. The van der Waals surface area contributed by atoms with Crippen molar-refractivity contribution in [3.8, 4) is 0 Å². The zero-order valence-electron chi connectivity index (χ0n) is 3.01. The molecule has 0 aliphatic rings. The molecule has 0 atom stereocenters. The van der Waals surface area contributed by atoms with Gasteiger partial charge in [0.25, 0.3) is 0 Å². The molecule has 0 saturated heterocycles. The second-order valence-corrected chi connectivity index (χ2v) is 68.5. The largest absolute Gasteiger partial charge is 0.358 e. The van der Waals surface area contributed by atoms with Crippen molar-refractivity contribution in [2.75, 3.05) is 0 Å². The van der Waals surface area contributed by atoms with Gasteiger partial charge in [-0.3, -0.25) is 0 Å². The van der Waals surface area contributed by atoms with Gasteiger partial charge in [-0.2, -0.15) is 0 Å². The Morgan fingerprint density at radius 1 is 0.833 bits per heavy atom. The SMILES string of the molecule is [Br][Zr]([Br])([Br])[Br].[CH3-]. The summed E-state index contributed by atoms with van der Waals surface area (Å²) in [5, 5.41) is 0. The van der Waals surface area contributed by atoms with Crippen LogP contribution in [0, 0.1) is 7.43 Å². The molecule has 0 saturated carbocycles. The fourth-order valence-electron chi connectivity index (χ4n) is 0. The molecule has 0 aromatic heterocycles. The molecule has 0 N–H and O–H groups in total. The van der Waals surface area contributed by atoms with Crippen molar-refractivity contribution < 1.29 is 10.9 Å². The maximum absolute atomic E-state index is 3.34. The molecule has 5 heteroatoms. The Labute approximate surface area is 65.7 Å². The Morgan fingerprint density at radius 2 is 0.833 bits per heavy atom. The molecule has 0 radical (unpaired) electrons. The van der Waals surface area contributed by atoms with Crippen LogP contribution < -0.4 is 0 Å². The smallest absolute Gasteiger partial charge is 0.358 e. The van der Waals surface area contributed by atoms with E-state index < -0.39 is 10.9 Å². The Kier molecular flexibility index (Phi) is 9.00. The van der Waals surface area contributed by atoms with Crippen molar-refractivity contribution in [3.05, 3.63) is 7.43 Å². The van der Waals surface area contributed by atoms with Gasteiger partial charge in [0.2, 0.25) is 0 Å². The van der Waals surface area contributed by atoms with Gasteiger partial charge in [0.05, 0.1) is 0 Å². The summed E-state index contributed by atoms with van der Waals surface area (Å²) in [7, 11) is -1.93. The van der Waals surface area contributed by atoms with Crippen molar-refractivity contribution in [3.63, 3.8) is 0 Å². The molecule has 0 amide bonds. The number of rotatable bonds is 0. The van der Waals surface area contributed by atoms with Gasteiger partial charge >= 0.3 is 59.7 Å². The molecule has 0 spiro atoms. The van der Waals surface area contributed by atoms with E-state index in [2.05, 4.69) is 48.9 Å². The molecule has 0 aromatic carbocycles. The first-order chi connectivity index (χ1) is 2.00. The van der Waals surface area contributed by atoms with E-state index in [1.54, 1.807) is 0 Å². The summed E-state index contributed by atoms with van der Waals surface area (Å²) >= 11 is 13.3. The Bertz CT molecular complexity index is 23.0. The first-order valence-electron chi connectivity index (χ1n) is 0.756. The second kappa shape index (κ2) is 4.66. The molecule has 40 valence electrons. The molecule has 0 nitrogen and oxygen atoms in total. The van der Waals surface area contributed by atoms with Gasteiger partial charge in [0.15, 0.2) is 0 Å². The van der Waals surface area contributed by atoms with Crippen LogP contribution in [0.3, 0.4) is 0 Å². The molecule has 0 aliphatic carbocycles. The summed E-state index contributed by atoms with van der Waals surface area (Å²) < 4.78 is 0. The Hall–Kier alpha value is 2.80. The van der Waals surface area contributed by atoms with Crippen molar-refractivity contribution in [2.45, 2.75) is 0 Å². The van der Waals surface area contributed by atoms with E-state index in [0.29, 0.717) is 0 Å². The minimum Gasteiger partial charge on any atom is -0.358 e. The average molecular weight is 426 g/mol. The topological polar surface area (TPSA) is 0 Å². The van der Waals surface area contributed by atoms with Gasteiger partial charge in [0.1, 0.15) is 0 Å². The van der Waals surface area contributed by atoms with Crippen molar-refractivity contribution in [1.82, 2.24) is 0 Å². The van der Waals surface area contributed by atoms with Crippen LogP contribution in [0.4, 0.5) is 0 Å². The van der Waals surface area contributed by atoms with Crippen LogP contribution in [0.15, 0.2) is 0 Å². The van der Waals surface area contributed by atoms with Crippen LogP contribution in [0.25, 0.3) is 0 Å². The quantitative estimate of drug-likeness (QED) is 0.517. The van der Waals surface area contributed by atoms with E-state index in [9.17, 15) is 0 Å². The predicted octanol–water partition coefficient (Wildman–Crippen LogP) is 3.83. The van der Waals surface area contributed by atoms with Gasteiger partial charge in [-0.1, -0.05) is 0 Å². The molecule has 0 bridgehead atoms. The minimum atomic E-state index is -1.93. The Morgan fingerprint density at radius 3 is 0.833 bits per heavy atom. The summed E-state index contributed by atoms with van der Waals surface area (Å²) in [5.41, 5.74) is 0. The summed E-state index contributed by atoms with van der Waals surface area (Å²) in [6.45, 7) is 0. The van der Waals surface area contributed by atoms with Crippen LogP contribution in [0.2, 0.25) is 0 Å². The minimum absolute atomic E-state index is 0. The third-order valence-electron chi connectivity index (χ3n) is 0. The van der Waals surface area contributed by atoms with E-state index in [-0.39, 0.29) is 7.43 Å². The van der Waals surface area contributed by atoms with E-state index in [0.717, 1.165) is 0 Å². The summed E-state index contributed by atoms with van der Waals surface area (Å²) in [6, 6.07) is 0. The molecule has 6 heavy (non-hydrogen) atoms. The maximum Gasteiger partial charge on any atom is -0.358 e. The fraction of sp³-hybridized carbons (Fsp3) is 0. The van der Waals surface area contributed by atoms with Crippen LogP contribution in [-0.4, -0.2) is 0 Å². The number of hydrogen-bond donors (Lipinski definition) is 0. The summed E-state index contributed by atoms with van der Waals surface area (Å²) in [5.74, 6) is 0. The zero-order valence-corrected chi connectivity index (χ0v) is 11.8. The Balaban J connectivity index is 0. The van der Waals surface area contributed by atoms with E-state index in [1.807, 2.05) is 0 Å². The molecule has 0 fully saturated rings. The zero-order chi connectivity index (χ0) is 4.50. The van der Waals surface area contributed by atoms with Crippen molar-refractivity contribution in [1.29, 1.82) is 0 Å². The van der Waals surface area contributed by atoms with Gasteiger partial charge in [0, 0.05) is 0 Å². The van der Waals surface area contributed by atoms with E-state index >= 15 is 0 Å². The standard InChI is InChI=1S/CH3.4BrH.Zr/h1H3;4*1H;/q-1;;;;;+4/p-4. The molecule has 0 unspecified atom stereocenters. The van der Waals surface area contributed by atoms with Crippen LogP contribution in [0.5, 0.6) is 0 Å². The van der Waals surface area contributed by atoms with Crippen molar-refractivity contribution in [2.24, 2.45) is 0 Å². The normalized spacial score (nSPS) is 10.0. The van der Waals surface area contributed by atoms with Gasteiger partial charge < -0.3 is 7.43 Å². The van der Waals surface area contributed by atoms with Gasteiger partial charge in [-0.15, -0.1) is 0 Å². The predicted molar refractivity (Wildman–Crippen MR) is 42.1 cm³/mol. The monoisotopic (exact) mass is 421 g/mol. The number of hydrogen-bond acceptors (Lipinski definition) is 0. The first-order valence-corrected chi connectivity index (χ1v) is 23.2. The van der Waals surface area contributed by atoms with Crippen LogP contribution in [0.1, 0.15) is 0 Å². The van der Waals surface area contributed by atoms with Crippen LogP contribution >= 0.6 is 48.9 Å². The number of halogens is 4.